The summed E-state index contributed by atoms with van der Waals surface area (Å²) in [4.78, 5) is 15.9. The maximum Gasteiger partial charge on any atom is 0.274 e. The monoisotopic (exact) mass is 311 g/mol. The lowest BCUT2D eigenvalue weighted by Gasteiger charge is -2.09. The van der Waals surface area contributed by atoms with Crippen LogP contribution in [-0.4, -0.2) is 17.4 Å². The van der Waals surface area contributed by atoms with Crippen molar-refractivity contribution in [2.45, 2.75) is 6.92 Å². The molecule has 2 rings (SSSR count). The van der Waals surface area contributed by atoms with E-state index in [0.717, 1.165) is 18.3 Å². The van der Waals surface area contributed by atoms with Gasteiger partial charge < -0.3 is 10.6 Å². The molecule has 110 valence electrons. The van der Waals surface area contributed by atoms with Crippen LogP contribution in [0.4, 0.5) is 20.2 Å². The number of aromatic nitrogens is 1. The molecule has 1 heterocycles. The first-order chi connectivity index (χ1) is 10.0. The molecule has 1 aromatic carbocycles. The van der Waals surface area contributed by atoms with Gasteiger partial charge in [0, 0.05) is 12.6 Å². The van der Waals surface area contributed by atoms with Crippen molar-refractivity contribution in [2.24, 2.45) is 0 Å². The predicted octanol–water partition coefficient (Wildman–Crippen LogP) is 3.70. The van der Waals surface area contributed by atoms with Crippen molar-refractivity contribution < 1.29 is 13.6 Å². The Morgan fingerprint density at radius 1 is 1.33 bits per heavy atom. The first-order valence-corrected chi connectivity index (χ1v) is 6.55. The van der Waals surface area contributed by atoms with Gasteiger partial charge in [-0.3, -0.25) is 4.79 Å². The number of amides is 1. The number of pyridine rings is 1. The molecule has 0 atom stereocenters. The fraction of sp³-hybridized carbons (Fsp3) is 0.143. The Morgan fingerprint density at radius 2 is 2.10 bits per heavy atom. The third-order valence-corrected chi connectivity index (χ3v) is 2.92. The predicted molar refractivity (Wildman–Crippen MR) is 77.7 cm³/mol. The molecule has 0 radical (unpaired) electrons. The van der Waals surface area contributed by atoms with Crippen LogP contribution in [0.15, 0.2) is 30.5 Å². The van der Waals surface area contributed by atoms with E-state index in [0.29, 0.717) is 6.07 Å². The van der Waals surface area contributed by atoms with Gasteiger partial charge in [0.2, 0.25) is 0 Å². The fourth-order valence-electron chi connectivity index (χ4n) is 1.68. The maximum atomic E-state index is 13.6. The van der Waals surface area contributed by atoms with E-state index < -0.39 is 17.5 Å². The topological polar surface area (TPSA) is 54.0 Å². The number of halogens is 3. The minimum absolute atomic E-state index is 0.0939. The lowest BCUT2D eigenvalue weighted by atomic mass is 10.2. The summed E-state index contributed by atoms with van der Waals surface area (Å²) >= 11 is 5.71. The third kappa shape index (κ3) is 3.66. The van der Waals surface area contributed by atoms with Gasteiger partial charge in [0.1, 0.15) is 11.5 Å². The van der Waals surface area contributed by atoms with Crippen LogP contribution in [0.25, 0.3) is 0 Å². The molecule has 4 nitrogen and oxygen atoms in total. The largest absolute Gasteiger partial charge is 0.384 e. The molecule has 0 aliphatic rings. The molecule has 7 heteroatoms. The quantitative estimate of drug-likeness (QED) is 0.905. The molecule has 1 amide bonds. The van der Waals surface area contributed by atoms with Gasteiger partial charge in [-0.2, -0.15) is 0 Å². The Hall–Kier alpha value is -2.21. The molecular formula is C14H12ClF2N3O. The van der Waals surface area contributed by atoms with Gasteiger partial charge in [0.25, 0.3) is 5.91 Å². The first-order valence-electron chi connectivity index (χ1n) is 6.17. The number of rotatable bonds is 4. The van der Waals surface area contributed by atoms with Crippen LogP contribution < -0.4 is 10.6 Å². The first kappa shape index (κ1) is 15.2. The summed E-state index contributed by atoms with van der Waals surface area (Å²) in [6.45, 7) is 2.66. The third-order valence-electron chi connectivity index (χ3n) is 2.62. The Labute approximate surface area is 125 Å². The summed E-state index contributed by atoms with van der Waals surface area (Å²) in [5.74, 6) is -2.40. The lowest BCUT2D eigenvalue weighted by molar-refractivity contribution is 0.102. The van der Waals surface area contributed by atoms with Crippen molar-refractivity contribution in [3.63, 3.8) is 0 Å². The van der Waals surface area contributed by atoms with Crippen LogP contribution in [0.2, 0.25) is 5.02 Å². The van der Waals surface area contributed by atoms with E-state index in [9.17, 15) is 13.6 Å². The number of carbonyl (C=O) groups excluding carboxylic acids is 1. The van der Waals surface area contributed by atoms with Crippen molar-refractivity contribution in [1.82, 2.24) is 4.98 Å². The number of carbonyl (C=O) groups is 1. The molecule has 21 heavy (non-hydrogen) atoms. The van der Waals surface area contributed by atoms with Crippen molar-refractivity contribution in [2.75, 3.05) is 17.2 Å². The van der Waals surface area contributed by atoms with Gasteiger partial charge in [-0.25, -0.2) is 13.8 Å². The summed E-state index contributed by atoms with van der Waals surface area (Å²) in [5.41, 5.74) is 0.581. The Kier molecular flexibility index (Phi) is 4.70. The van der Waals surface area contributed by atoms with Crippen molar-refractivity contribution in [3.8, 4) is 0 Å². The summed E-state index contributed by atoms with van der Waals surface area (Å²) in [6.07, 6.45) is 1.49. The fourth-order valence-corrected chi connectivity index (χ4v) is 1.92. The molecule has 0 bridgehead atoms. The SMILES string of the molecule is CCNc1ccc(C(=O)Nc2c(F)cc(F)cc2Cl)nc1. The Morgan fingerprint density at radius 3 is 2.67 bits per heavy atom. The van der Waals surface area contributed by atoms with Crippen LogP contribution in [0.3, 0.4) is 0 Å². The number of hydrogen-bond acceptors (Lipinski definition) is 3. The highest BCUT2D eigenvalue weighted by molar-refractivity contribution is 6.33. The van der Waals surface area contributed by atoms with Crippen LogP contribution in [0.1, 0.15) is 17.4 Å². The van der Waals surface area contributed by atoms with Crippen molar-refractivity contribution in [1.29, 1.82) is 0 Å². The molecule has 0 saturated heterocycles. The van der Waals surface area contributed by atoms with Gasteiger partial charge in [-0.15, -0.1) is 0 Å². The van der Waals surface area contributed by atoms with Gasteiger partial charge in [0.05, 0.1) is 22.6 Å². The van der Waals surface area contributed by atoms with Crippen LogP contribution in [0.5, 0.6) is 0 Å². The number of hydrogen-bond donors (Lipinski definition) is 2. The Bertz CT molecular complexity index is 639. The van der Waals surface area contributed by atoms with E-state index in [4.69, 9.17) is 11.6 Å². The second-order valence-corrected chi connectivity index (χ2v) is 4.57. The lowest BCUT2D eigenvalue weighted by Crippen LogP contribution is -2.15. The highest BCUT2D eigenvalue weighted by atomic mass is 35.5. The smallest absolute Gasteiger partial charge is 0.274 e. The standard InChI is InChI=1S/C14H12ClF2N3O/c1-2-18-9-3-4-12(19-7-9)14(21)20-13-10(15)5-8(16)6-11(13)17/h3-7,18H,2H2,1H3,(H,20,21). The van der Waals surface area contributed by atoms with Crippen LogP contribution >= 0.6 is 11.6 Å². The van der Waals surface area contributed by atoms with Gasteiger partial charge >= 0.3 is 0 Å². The molecule has 0 spiro atoms. The van der Waals surface area contributed by atoms with Crippen LogP contribution in [0, 0.1) is 11.6 Å². The molecule has 0 aliphatic carbocycles. The second kappa shape index (κ2) is 6.49. The zero-order chi connectivity index (χ0) is 15.4. The minimum atomic E-state index is -0.947. The highest BCUT2D eigenvalue weighted by Gasteiger charge is 2.15. The normalized spacial score (nSPS) is 10.3. The summed E-state index contributed by atoms with van der Waals surface area (Å²) < 4.78 is 26.5. The van der Waals surface area contributed by atoms with E-state index in [-0.39, 0.29) is 16.4 Å². The van der Waals surface area contributed by atoms with Crippen molar-refractivity contribution in [3.05, 3.63) is 52.8 Å². The van der Waals surface area contributed by atoms with E-state index in [1.807, 2.05) is 6.92 Å². The van der Waals surface area contributed by atoms with Crippen LogP contribution in [-0.2, 0) is 0 Å². The van der Waals surface area contributed by atoms with Gasteiger partial charge in [-0.1, -0.05) is 11.6 Å². The van der Waals surface area contributed by atoms with E-state index in [1.54, 1.807) is 6.07 Å². The highest BCUT2D eigenvalue weighted by Crippen LogP contribution is 2.26. The zero-order valence-corrected chi connectivity index (χ0v) is 11.8. The van der Waals surface area contributed by atoms with E-state index >= 15 is 0 Å². The summed E-state index contributed by atoms with van der Waals surface area (Å²) in [7, 11) is 0. The van der Waals surface area contributed by atoms with Crippen molar-refractivity contribution >= 4 is 28.9 Å². The number of nitrogens with one attached hydrogen (secondary N) is 2. The molecule has 0 aliphatic heterocycles. The molecule has 0 fully saturated rings. The van der Waals surface area contributed by atoms with Gasteiger partial charge in [-0.05, 0) is 25.1 Å². The Balaban J connectivity index is 2.18. The molecule has 1 aromatic heterocycles. The zero-order valence-electron chi connectivity index (χ0n) is 11.1. The molecule has 0 saturated carbocycles. The molecule has 2 aromatic rings. The molecule has 2 N–H and O–H groups in total. The van der Waals surface area contributed by atoms with E-state index in [1.165, 1.54) is 12.3 Å². The number of anilines is 2. The molecular weight excluding hydrogens is 300 g/mol. The average Bonchev–Trinajstić information content (AvgIpc) is 2.43. The van der Waals surface area contributed by atoms with E-state index in [2.05, 4.69) is 15.6 Å². The summed E-state index contributed by atoms with van der Waals surface area (Å²) in [5, 5.41) is 5.09. The number of nitrogens with zero attached hydrogens (tertiary/aromatic N) is 1. The average molecular weight is 312 g/mol. The number of benzene rings is 1. The summed E-state index contributed by atoms with van der Waals surface area (Å²) in [6, 6.07) is 4.72. The maximum absolute atomic E-state index is 13.6. The molecule has 0 unspecified atom stereocenters. The second-order valence-electron chi connectivity index (χ2n) is 4.16. The van der Waals surface area contributed by atoms with Gasteiger partial charge in [0.15, 0.2) is 5.82 Å². The minimum Gasteiger partial charge on any atom is -0.384 e.